The molecule has 0 saturated carbocycles. The van der Waals surface area contributed by atoms with Gasteiger partial charge in [-0.1, -0.05) is 52.3 Å². The lowest BCUT2D eigenvalue weighted by atomic mass is 9.96. The zero-order chi connectivity index (χ0) is 15.5. The topological polar surface area (TPSA) is 70.7 Å². The number of nitrogens with zero attached hydrogens (tertiary/aromatic N) is 2. The highest BCUT2D eigenvalue weighted by Gasteiger charge is 2.21. The Kier molecular flexibility index (Phi) is 4.40. The fourth-order valence-electron chi connectivity index (χ4n) is 2.01. The molecule has 2 aromatic rings. The number of para-hydroxylation sites is 1. The summed E-state index contributed by atoms with van der Waals surface area (Å²) in [6.45, 7) is 8.17. The van der Waals surface area contributed by atoms with Gasteiger partial charge < -0.3 is 5.32 Å². The number of rotatable bonds is 4. The van der Waals surface area contributed by atoms with Crippen molar-refractivity contribution in [3.8, 4) is 0 Å². The quantitative estimate of drug-likeness (QED) is 0.905. The van der Waals surface area contributed by atoms with E-state index in [-0.39, 0.29) is 17.1 Å². The summed E-state index contributed by atoms with van der Waals surface area (Å²) in [5.74, 6) is 0.589. The van der Waals surface area contributed by atoms with Crippen molar-refractivity contribution >= 4 is 11.6 Å². The molecule has 0 spiro atoms. The number of hydrogen-bond acceptors (Lipinski definition) is 3. The first-order valence-corrected chi connectivity index (χ1v) is 7.24. The lowest BCUT2D eigenvalue weighted by Gasteiger charge is -2.12. The van der Waals surface area contributed by atoms with E-state index in [1.165, 1.54) is 0 Å². The molecule has 0 aliphatic carbocycles. The first kappa shape index (κ1) is 15.2. The minimum Gasteiger partial charge on any atom is -0.319 e. The Morgan fingerprint density at radius 1 is 1.29 bits per heavy atom. The Hall–Kier alpha value is -2.17. The lowest BCUT2D eigenvalue weighted by Crippen LogP contribution is -2.16. The molecule has 0 radical (unpaired) electrons. The molecule has 1 aromatic heterocycles. The summed E-state index contributed by atoms with van der Waals surface area (Å²) in [7, 11) is 0. The lowest BCUT2D eigenvalue weighted by molar-refractivity contribution is 0.101. The van der Waals surface area contributed by atoms with Crippen LogP contribution in [0, 0.1) is 0 Å². The molecule has 0 fully saturated rings. The van der Waals surface area contributed by atoms with E-state index in [9.17, 15) is 4.79 Å². The molecule has 0 aliphatic heterocycles. The van der Waals surface area contributed by atoms with Gasteiger partial charge >= 0.3 is 0 Å². The normalized spacial score (nSPS) is 11.4. The first-order chi connectivity index (χ1) is 9.91. The standard InChI is InChI=1S/C16H22N4O/c1-5-8-11-9-6-7-10-12(11)17-14(21)13-18-15(20-19-13)16(2,3)4/h6-7,9-10H,5,8H2,1-4H3,(H,17,21)(H,18,19,20). The van der Waals surface area contributed by atoms with E-state index in [0.29, 0.717) is 5.82 Å². The minimum absolute atomic E-state index is 0.161. The molecule has 0 saturated heterocycles. The van der Waals surface area contributed by atoms with E-state index >= 15 is 0 Å². The molecule has 0 aliphatic rings. The molecule has 21 heavy (non-hydrogen) atoms. The van der Waals surface area contributed by atoms with Gasteiger partial charge in [0.05, 0.1) is 0 Å². The second kappa shape index (κ2) is 6.08. The first-order valence-electron chi connectivity index (χ1n) is 7.24. The predicted octanol–water partition coefficient (Wildman–Crippen LogP) is 3.31. The van der Waals surface area contributed by atoms with Crippen molar-refractivity contribution in [3.05, 3.63) is 41.5 Å². The Bertz CT molecular complexity index is 625. The third-order valence-electron chi connectivity index (χ3n) is 3.18. The van der Waals surface area contributed by atoms with Crippen LogP contribution in [-0.2, 0) is 11.8 Å². The molecule has 5 nitrogen and oxygen atoms in total. The molecular formula is C16H22N4O. The Morgan fingerprint density at radius 3 is 2.62 bits per heavy atom. The van der Waals surface area contributed by atoms with Gasteiger partial charge in [-0.2, -0.15) is 0 Å². The monoisotopic (exact) mass is 286 g/mol. The van der Waals surface area contributed by atoms with Crippen molar-refractivity contribution in [1.82, 2.24) is 15.2 Å². The van der Waals surface area contributed by atoms with Gasteiger partial charge in [0.2, 0.25) is 5.82 Å². The summed E-state index contributed by atoms with van der Waals surface area (Å²) in [5.41, 5.74) is 1.79. The van der Waals surface area contributed by atoms with Crippen molar-refractivity contribution in [3.63, 3.8) is 0 Å². The van der Waals surface area contributed by atoms with Gasteiger partial charge in [0, 0.05) is 11.1 Å². The molecule has 0 bridgehead atoms. The SMILES string of the molecule is CCCc1ccccc1NC(=O)c1n[nH]c(C(C)(C)C)n1. The third-order valence-corrected chi connectivity index (χ3v) is 3.18. The summed E-state index contributed by atoms with van der Waals surface area (Å²) in [6, 6.07) is 7.82. The third kappa shape index (κ3) is 3.68. The van der Waals surface area contributed by atoms with Crippen LogP contribution in [0.3, 0.4) is 0 Å². The van der Waals surface area contributed by atoms with E-state index in [1.54, 1.807) is 0 Å². The van der Waals surface area contributed by atoms with E-state index in [0.717, 1.165) is 24.1 Å². The second-order valence-corrected chi connectivity index (χ2v) is 6.12. The molecule has 0 unspecified atom stereocenters. The summed E-state index contributed by atoms with van der Waals surface area (Å²) in [5, 5.41) is 9.73. The van der Waals surface area contributed by atoms with Gasteiger partial charge in [0.25, 0.3) is 5.91 Å². The summed E-state index contributed by atoms with van der Waals surface area (Å²) < 4.78 is 0. The van der Waals surface area contributed by atoms with Crippen molar-refractivity contribution < 1.29 is 4.79 Å². The Labute approximate surface area is 125 Å². The largest absolute Gasteiger partial charge is 0.319 e. The van der Waals surface area contributed by atoms with Gasteiger partial charge in [-0.25, -0.2) is 4.98 Å². The van der Waals surface area contributed by atoms with Crippen LogP contribution in [0.1, 0.15) is 56.1 Å². The fourth-order valence-corrected chi connectivity index (χ4v) is 2.01. The molecule has 1 heterocycles. The van der Waals surface area contributed by atoms with Gasteiger partial charge in [0.1, 0.15) is 5.82 Å². The van der Waals surface area contributed by atoms with E-state index in [1.807, 2.05) is 45.0 Å². The van der Waals surface area contributed by atoms with Gasteiger partial charge in [-0.15, -0.1) is 5.10 Å². The van der Waals surface area contributed by atoms with Crippen LogP contribution in [0.25, 0.3) is 0 Å². The van der Waals surface area contributed by atoms with Gasteiger partial charge in [-0.3, -0.25) is 9.89 Å². The number of H-pyrrole nitrogens is 1. The Morgan fingerprint density at radius 2 is 2.00 bits per heavy atom. The van der Waals surface area contributed by atoms with E-state index < -0.39 is 0 Å². The molecule has 2 N–H and O–H groups in total. The maximum Gasteiger partial charge on any atom is 0.295 e. The zero-order valence-corrected chi connectivity index (χ0v) is 13.0. The number of nitrogens with one attached hydrogen (secondary N) is 2. The number of benzene rings is 1. The smallest absolute Gasteiger partial charge is 0.295 e. The predicted molar refractivity (Wildman–Crippen MR) is 83.5 cm³/mol. The molecule has 2 rings (SSSR count). The van der Waals surface area contributed by atoms with Crippen LogP contribution in [0.4, 0.5) is 5.69 Å². The number of hydrogen-bond donors (Lipinski definition) is 2. The van der Waals surface area contributed by atoms with Gasteiger partial charge in [0.15, 0.2) is 0 Å². The van der Waals surface area contributed by atoms with Gasteiger partial charge in [-0.05, 0) is 18.1 Å². The number of anilines is 1. The number of aryl methyl sites for hydroxylation is 1. The number of aromatic nitrogens is 3. The van der Waals surface area contributed by atoms with Crippen LogP contribution < -0.4 is 5.32 Å². The minimum atomic E-state index is -0.287. The Balaban J connectivity index is 2.17. The number of aromatic amines is 1. The van der Waals surface area contributed by atoms with Crippen molar-refractivity contribution in [2.45, 2.75) is 46.0 Å². The van der Waals surface area contributed by atoms with Crippen molar-refractivity contribution in [2.75, 3.05) is 5.32 Å². The highest BCUT2D eigenvalue weighted by Crippen LogP contribution is 2.19. The van der Waals surface area contributed by atoms with Crippen LogP contribution in [-0.4, -0.2) is 21.1 Å². The van der Waals surface area contributed by atoms with Crippen LogP contribution in [0.5, 0.6) is 0 Å². The summed E-state index contributed by atoms with van der Waals surface area (Å²) >= 11 is 0. The van der Waals surface area contributed by atoms with E-state index in [4.69, 9.17) is 0 Å². The second-order valence-electron chi connectivity index (χ2n) is 6.12. The van der Waals surface area contributed by atoms with Crippen molar-refractivity contribution in [2.24, 2.45) is 0 Å². The maximum atomic E-state index is 12.3. The van der Waals surface area contributed by atoms with Crippen LogP contribution in [0.15, 0.2) is 24.3 Å². The summed E-state index contributed by atoms with van der Waals surface area (Å²) in [6.07, 6.45) is 1.96. The number of amides is 1. The fraction of sp³-hybridized carbons (Fsp3) is 0.438. The maximum absolute atomic E-state index is 12.3. The number of carbonyl (C=O) groups is 1. The molecule has 112 valence electrons. The van der Waals surface area contributed by atoms with Crippen LogP contribution >= 0.6 is 0 Å². The number of carbonyl (C=O) groups excluding carboxylic acids is 1. The highest BCUT2D eigenvalue weighted by molar-refractivity contribution is 6.01. The highest BCUT2D eigenvalue weighted by atomic mass is 16.2. The molecule has 0 atom stereocenters. The molecular weight excluding hydrogens is 264 g/mol. The average Bonchev–Trinajstić information content (AvgIpc) is 2.91. The zero-order valence-electron chi connectivity index (χ0n) is 13.0. The van der Waals surface area contributed by atoms with Crippen LogP contribution in [0.2, 0.25) is 0 Å². The van der Waals surface area contributed by atoms with Crippen molar-refractivity contribution in [1.29, 1.82) is 0 Å². The molecule has 5 heteroatoms. The van der Waals surface area contributed by atoms with E-state index in [2.05, 4.69) is 27.4 Å². The molecule has 1 amide bonds. The summed E-state index contributed by atoms with van der Waals surface area (Å²) in [4.78, 5) is 16.5. The average molecular weight is 286 g/mol. The molecule has 1 aromatic carbocycles.